The number of H-pyrrole nitrogens is 1. The van der Waals surface area contributed by atoms with Crippen molar-refractivity contribution >= 4 is 16.7 Å². The van der Waals surface area contributed by atoms with Gasteiger partial charge in [-0.15, -0.1) is 0 Å². The molecule has 1 N–H and O–H groups in total. The van der Waals surface area contributed by atoms with Gasteiger partial charge in [-0.3, -0.25) is 9.59 Å². The molecule has 96 valence electrons. The molecule has 0 saturated heterocycles. The molecule has 0 bridgehead atoms. The predicted octanol–water partition coefficient (Wildman–Crippen LogP) is 3.32. The van der Waals surface area contributed by atoms with Gasteiger partial charge >= 0.3 is 0 Å². The number of carbonyl (C=O) groups is 1. The van der Waals surface area contributed by atoms with E-state index >= 15 is 0 Å². The standard InChI is InChI=1S/C13H13NO2.C2H6/c1-3-9-4-5-12-10(6-9)13(16)11(7-14-12)8(2)15;1-2/h4-7H,3H2,1-2H3,(H,14,16);1-2H3. The van der Waals surface area contributed by atoms with E-state index < -0.39 is 0 Å². The molecule has 0 fully saturated rings. The van der Waals surface area contributed by atoms with Crippen LogP contribution in [0, 0.1) is 0 Å². The van der Waals surface area contributed by atoms with Crippen LogP contribution in [0.3, 0.4) is 0 Å². The molecule has 2 aromatic rings. The van der Waals surface area contributed by atoms with Crippen LogP contribution in [0.25, 0.3) is 10.9 Å². The number of nitrogens with one attached hydrogen (secondary N) is 1. The van der Waals surface area contributed by atoms with E-state index in [4.69, 9.17) is 0 Å². The highest BCUT2D eigenvalue weighted by atomic mass is 16.1. The summed E-state index contributed by atoms with van der Waals surface area (Å²) in [5, 5.41) is 0.590. The van der Waals surface area contributed by atoms with Gasteiger partial charge in [-0.25, -0.2) is 0 Å². The first-order chi connectivity index (χ1) is 8.63. The zero-order chi connectivity index (χ0) is 13.7. The number of fused-ring (bicyclic) bond motifs is 1. The van der Waals surface area contributed by atoms with Crippen LogP contribution in [-0.4, -0.2) is 10.8 Å². The lowest BCUT2D eigenvalue weighted by Crippen LogP contribution is -2.13. The Morgan fingerprint density at radius 2 is 1.94 bits per heavy atom. The summed E-state index contributed by atoms with van der Waals surface area (Å²) in [4.78, 5) is 26.2. The normalized spacial score (nSPS) is 9.78. The maximum absolute atomic E-state index is 12.0. The minimum absolute atomic E-state index is 0.184. The third-order valence-corrected chi connectivity index (χ3v) is 2.73. The van der Waals surface area contributed by atoms with Gasteiger partial charge in [0.15, 0.2) is 11.2 Å². The summed E-state index contributed by atoms with van der Waals surface area (Å²) in [6, 6.07) is 5.70. The number of hydrogen-bond donors (Lipinski definition) is 1. The van der Waals surface area contributed by atoms with E-state index in [-0.39, 0.29) is 16.8 Å². The fourth-order valence-electron chi connectivity index (χ4n) is 1.75. The lowest BCUT2D eigenvalue weighted by molar-refractivity contribution is 0.101. The molecule has 0 aliphatic rings. The molecule has 1 heterocycles. The first-order valence-electron chi connectivity index (χ1n) is 6.28. The van der Waals surface area contributed by atoms with Crippen molar-refractivity contribution in [3.05, 3.63) is 45.7 Å². The van der Waals surface area contributed by atoms with Crippen molar-refractivity contribution in [3.63, 3.8) is 0 Å². The summed E-state index contributed by atoms with van der Waals surface area (Å²) in [6.07, 6.45) is 2.36. The number of rotatable bonds is 2. The second-order valence-electron chi connectivity index (χ2n) is 3.82. The Bertz CT molecular complexity index is 611. The van der Waals surface area contributed by atoms with E-state index in [1.165, 1.54) is 13.1 Å². The molecule has 3 heteroatoms. The number of ketones is 1. The number of aryl methyl sites for hydroxylation is 1. The molecular weight excluding hydrogens is 226 g/mol. The van der Waals surface area contributed by atoms with Crippen molar-refractivity contribution in [2.45, 2.75) is 34.1 Å². The van der Waals surface area contributed by atoms with Crippen molar-refractivity contribution in [1.29, 1.82) is 0 Å². The Kier molecular flexibility index (Phi) is 4.84. The fraction of sp³-hybridized carbons (Fsp3) is 0.333. The summed E-state index contributed by atoms with van der Waals surface area (Å²) < 4.78 is 0. The Labute approximate surface area is 107 Å². The smallest absolute Gasteiger partial charge is 0.200 e. The minimum atomic E-state index is -0.204. The van der Waals surface area contributed by atoms with Crippen molar-refractivity contribution in [3.8, 4) is 0 Å². The molecular formula is C15H19NO2. The Hall–Kier alpha value is -1.90. The molecule has 0 amide bonds. The summed E-state index contributed by atoms with van der Waals surface area (Å²) in [7, 11) is 0. The zero-order valence-corrected chi connectivity index (χ0v) is 11.3. The van der Waals surface area contributed by atoms with E-state index in [2.05, 4.69) is 4.98 Å². The monoisotopic (exact) mass is 245 g/mol. The highest BCUT2D eigenvalue weighted by molar-refractivity contribution is 5.97. The molecule has 2 rings (SSSR count). The highest BCUT2D eigenvalue weighted by Gasteiger charge is 2.08. The van der Waals surface area contributed by atoms with Gasteiger partial charge < -0.3 is 4.98 Å². The van der Waals surface area contributed by atoms with E-state index in [9.17, 15) is 9.59 Å². The van der Waals surface area contributed by atoms with Crippen LogP contribution >= 0.6 is 0 Å². The highest BCUT2D eigenvalue weighted by Crippen LogP contribution is 2.11. The second-order valence-corrected chi connectivity index (χ2v) is 3.82. The molecule has 3 nitrogen and oxygen atoms in total. The van der Waals surface area contributed by atoms with Crippen molar-refractivity contribution in [2.24, 2.45) is 0 Å². The van der Waals surface area contributed by atoms with Gasteiger partial charge in [0.25, 0.3) is 0 Å². The SMILES string of the molecule is CC.CCc1ccc2[nH]cc(C(C)=O)c(=O)c2c1. The van der Waals surface area contributed by atoms with Gasteiger partial charge in [-0.2, -0.15) is 0 Å². The van der Waals surface area contributed by atoms with Gasteiger partial charge in [0, 0.05) is 17.1 Å². The molecule has 0 aliphatic carbocycles. The summed E-state index contributed by atoms with van der Waals surface area (Å²) >= 11 is 0. The molecule has 1 aromatic carbocycles. The maximum Gasteiger partial charge on any atom is 0.200 e. The number of aromatic nitrogens is 1. The van der Waals surface area contributed by atoms with Crippen molar-refractivity contribution in [1.82, 2.24) is 4.98 Å². The van der Waals surface area contributed by atoms with Crippen LogP contribution in [0.5, 0.6) is 0 Å². The fourth-order valence-corrected chi connectivity index (χ4v) is 1.75. The average Bonchev–Trinajstić information content (AvgIpc) is 2.41. The average molecular weight is 245 g/mol. The molecule has 1 aromatic heterocycles. The third kappa shape index (κ3) is 2.67. The topological polar surface area (TPSA) is 49.9 Å². The van der Waals surface area contributed by atoms with Gasteiger partial charge in [0.1, 0.15) is 0 Å². The Morgan fingerprint density at radius 3 is 2.50 bits per heavy atom. The zero-order valence-electron chi connectivity index (χ0n) is 11.3. The lowest BCUT2D eigenvalue weighted by atomic mass is 10.1. The molecule has 0 saturated carbocycles. The van der Waals surface area contributed by atoms with Crippen molar-refractivity contribution < 1.29 is 4.79 Å². The molecule has 0 spiro atoms. The molecule has 0 aliphatic heterocycles. The van der Waals surface area contributed by atoms with Gasteiger partial charge in [0.05, 0.1) is 5.56 Å². The largest absolute Gasteiger partial charge is 0.360 e. The lowest BCUT2D eigenvalue weighted by Gasteiger charge is -2.02. The van der Waals surface area contributed by atoms with E-state index in [1.807, 2.05) is 39.0 Å². The van der Waals surface area contributed by atoms with Crippen LogP contribution in [0.1, 0.15) is 43.6 Å². The summed E-state index contributed by atoms with van der Waals surface area (Å²) in [6.45, 7) is 7.43. The van der Waals surface area contributed by atoms with Crippen LogP contribution in [-0.2, 0) is 6.42 Å². The first-order valence-corrected chi connectivity index (χ1v) is 6.28. The number of hydrogen-bond acceptors (Lipinski definition) is 2. The van der Waals surface area contributed by atoms with E-state index in [0.29, 0.717) is 5.39 Å². The van der Waals surface area contributed by atoms with Crippen molar-refractivity contribution in [2.75, 3.05) is 0 Å². The second kappa shape index (κ2) is 6.15. The van der Waals surface area contributed by atoms with Crippen LogP contribution in [0.4, 0.5) is 0 Å². The maximum atomic E-state index is 12.0. The minimum Gasteiger partial charge on any atom is -0.360 e. The van der Waals surface area contributed by atoms with Gasteiger partial charge in [-0.05, 0) is 31.0 Å². The van der Waals surface area contributed by atoms with Crippen LogP contribution in [0.2, 0.25) is 0 Å². The van der Waals surface area contributed by atoms with Crippen LogP contribution in [0.15, 0.2) is 29.2 Å². The molecule has 0 unspecified atom stereocenters. The van der Waals surface area contributed by atoms with Crippen LogP contribution < -0.4 is 5.43 Å². The summed E-state index contributed by atoms with van der Waals surface area (Å²) in [5.74, 6) is -0.204. The number of aromatic amines is 1. The number of pyridine rings is 1. The Balaban J connectivity index is 0.000000771. The molecule has 0 atom stereocenters. The molecule has 0 radical (unpaired) electrons. The van der Waals surface area contributed by atoms with E-state index in [1.54, 1.807) is 0 Å². The van der Waals surface area contributed by atoms with Gasteiger partial charge in [0.2, 0.25) is 0 Å². The number of benzene rings is 1. The first kappa shape index (κ1) is 14.2. The summed E-state index contributed by atoms with van der Waals surface area (Å²) in [5.41, 5.74) is 1.91. The Morgan fingerprint density at radius 1 is 1.28 bits per heavy atom. The number of carbonyl (C=O) groups excluding carboxylic acids is 1. The van der Waals surface area contributed by atoms with E-state index in [0.717, 1.165) is 17.5 Å². The predicted molar refractivity (Wildman–Crippen MR) is 75.3 cm³/mol. The molecule has 18 heavy (non-hydrogen) atoms. The third-order valence-electron chi connectivity index (χ3n) is 2.73. The quantitative estimate of drug-likeness (QED) is 0.825. The van der Waals surface area contributed by atoms with Gasteiger partial charge in [-0.1, -0.05) is 26.8 Å². The number of Topliss-reactive ketones (excluding diaryl/α,β-unsaturated/α-hetero) is 1.